The van der Waals surface area contributed by atoms with E-state index in [1.807, 2.05) is 61.5 Å². The summed E-state index contributed by atoms with van der Waals surface area (Å²) in [6.07, 6.45) is 1.77. The van der Waals surface area contributed by atoms with Gasteiger partial charge in [0.25, 0.3) is 0 Å². The highest BCUT2D eigenvalue weighted by atomic mass is 35.5. The van der Waals surface area contributed by atoms with Gasteiger partial charge < -0.3 is 9.47 Å². The molecule has 4 aromatic carbocycles. The van der Waals surface area contributed by atoms with E-state index in [9.17, 15) is 4.79 Å². The Bertz CT molecular complexity index is 1410. The van der Waals surface area contributed by atoms with Crippen LogP contribution < -0.4 is 9.47 Å². The molecule has 0 N–H and O–H groups in total. The van der Waals surface area contributed by atoms with Crippen LogP contribution in [0.3, 0.4) is 0 Å². The molecule has 0 unspecified atom stereocenters. The second-order valence-electron chi connectivity index (χ2n) is 8.08. The Morgan fingerprint density at radius 1 is 0.853 bits per heavy atom. The summed E-state index contributed by atoms with van der Waals surface area (Å²) in [7, 11) is 0. The maximum atomic E-state index is 13.0. The topological polar surface area (TPSA) is 35.5 Å². The summed E-state index contributed by atoms with van der Waals surface area (Å²) < 4.78 is 11.9. The van der Waals surface area contributed by atoms with Crippen LogP contribution in [0.4, 0.5) is 0 Å². The fourth-order valence-corrected chi connectivity index (χ4v) is 4.23. The van der Waals surface area contributed by atoms with Crippen LogP contribution in [0.15, 0.2) is 90.7 Å². The summed E-state index contributed by atoms with van der Waals surface area (Å²) in [6, 6.07) is 27.1. The van der Waals surface area contributed by atoms with Crippen molar-refractivity contribution in [2.45, 2.75) is 13.5 Å². The molecule has 0 bridgehead atoms. The minimum absolute atomic E-state index is 0.129. The Balaban J connectivity index is 1.34. The fourth-order valence-electron chi connectivity index (χ4n) is 3.91. The number of allylic oxidation sites excluding steroid dienone is 1. The highest BCUT2D eigenvalue weighted by molar-refractivity contribution is 6.42. The minimum atomic E-state index is -0.129. The summed E-state index contributed by atoms with van der Waals surface area (Å²) in [5.74, 6) is 1.28. The lowest BCUT2D eigenvalue weighted by molar-refractivity contribution is 0.101. The highest BCUT2D eigenvalue weighted by Crippen LogP contribution is 2.38. The number of hydrogen-bond donors (Lipinski definition) is 0. The van der Waals surface area contributed by atoms with Crippen LogP contribution in [0.5, 0.6) is 11.5 Å². The van der Waals surface area contributed by atoms with Gasteiger partial charge in [0.2, 0.25) is 5.78 Å². The van der Waals surface area contributed by atoms with Crippen LogP contribution >= 0.6 is 23.2 Å². The third-order valence-electron chi connectivity index (χ3n) is 5.65. The molecule has 0 atom stereocenters. The number of hydrogen-bond acceptors (Lipinski definition) is 3. The van der Waals surface area contributed by atoms with Gasteiger partial charge in [-0.2, -0.15) is 0 Å². The van der Waals surface area contributed by atoms with Crippen molar-refractivity contribution in [1.82, 2.24) is 0 Å². The predicted octanol–water partition coefficient (Wildman–Crippen LogP) is 8.16. The molecule has 1 heterocycles. The van der Waals surface area contributed by atoms with Crippen molar-refractivity contribution >= 4 is 35.1 Å². The van der Waals surface area contributed by atoms with Crippen LogP contribution in [-0.4, -0.2) is 5.78 Å². The molecular formula is C29H20Cl2O3. The second-order valence-corrected chi connectivity index (χ2v) is 8.89. The molecule has 0 aromatic heterocycles. The average molecular weight is 487 g/mol. The maximum absolute atomic E-state index is 13.0. The largest absolute Gasteiger partial charge is 0.489 e. The van der Waals surface area contributed by atoms with Gasteiger partial charge in [0.05, 0.1) is 15.6 Å². The molecule has 168 valence electrons. The van der Waals surface area contributed by atoms with Crippen LogP contribution in [0.2, 0.25) is 10.0 Å². The molecule has 0 amide bonds. The van der Waals surface area contributed by atoms with Crippen LogP contribution in [-0.2, 0) is 6.61 Å². The van der Waals surface area contributed by atoms with Gasteiger partial charge in [-0.25, -0.2) is 0 Å². The monoisotopic (exact) mass is 486 g/mol. The number of fused-ring (bicyclic) bond motifs is 1. The standard InChI is InChI=1S/C29H20Cl2O3/c1-18-13-23(33-17-20-9-12-24(30)25(31)14-20)16-26-28(18)29(32)27(34-26)15-19-7-10-22(11-8-19)21-5-3-2-4-6-21/h2-16H,17H2,1H3/b27-15-. The SMILES string of the molecule is Cc1cc(OCc2ccc(Cl)c(Cl)c2)cc2c1C(=O)/C(=C/c1ccc(-c3ccccc3)cc1)O2. The molecule has 1 aliphatic rings. The Kier molecular flexibility index (Phi) is 6.14. The predicted molar refractivity (Wildman–Crippen MR) is 137 cm³/mol. The van der Waals surface area contributed by atoms with Gasteiger partial charge in [0.1, 0.15) is 18.1 Å². The van der Waals surface area contributed by atoms with E-state index in [1.54, 1.807) is 24.3 Å². The minimum Gasteiger partial charge on any atom is -0.489 e. The van der Waals surface area contributed by atoms with Crippen molar-refractivity contribution in [3.63, 3.8) is 0 Å². The first-order valence-electron chi connectivity index (χ1n) is 10.8. The van der Waals surface area contributed by atoms with E-state index < -0.39 is 0 Å². The van der Waals surface area contributed by atoms with Crippen molar-refractivity contribution in [1.29, 1.82) is 0 Å². The summed E-state index contributed by atoms with van der Waals surface area (Å²) in [5.41, 5.74) is 5.41. The molecule has 3 nitrogen and oxygen atoms in total. The molecule has 0 saturated heterocycles. The van der Waals surface area contributed by atoms with Crippen LogP contribution in [0.1, 0.15) is 27.0 Å². The molecule has 34 heavy (non-hydrogen) atoms. The van der Waals surface area contributed by atoms with Gasteiger partial charge in [-0.05, 0) is 59.0 Å². The molecule has 0 spiro atoms. The van der Waals surface area contributed by atoms with E-state index in [1.165, 1.54) is 0 Å². The Morgan fingerprint density at radius 3 is 2.32 bits per heavy atom. The smallest absolute Gasteiger partial charge is 0.232 e. The summed E-state index contributed by atoms with van der Waals surface area (Å²) in [4.78, 5) is 13.0. The second kappa shape index (κ2) is 9.38. The van der Waals surface area contributed by atoms with Crippen molar-refractivity contribution < 1.29 is 14.3 Å². The number of ether oxygens (including phenoxy) is 2. The summed E-state index contributed by atoms with van der Waals surface area (Å²) in [6.45, 7) is 2.20. The third-order valence-corrected chi connectivity index (χ3v) is 6.39. The highest BCUT2D eigenvalue weighted by Gasteiger charge is 2.30. The van der Waals surface area contributed by atoms with E-state index in [4.69, 9.17) is 32.7 Å². The van der Waals surface area contributed by atoms with E-state index in [0.29, 0.717) is 39.5 Å². The van der Waals surface area contributed by atoms with Crippen LogP contribution in [0.25, 0.3) is 17.2 Å². The molecule has 0 aliphatic carbocycles. The first kappa shape index (κ1) is 22.3. The average Bonchev–Trinajstić information content (AvgIpc) is 3.16. The molecule has 1 aliphatic heterocycles. The summed E-state index contributed by atoms with van der Waals surface area (Å²) >= 11 is 12.1. The van der Waals surface area contributed by atoms with Gasteiger partial charge >= 0.3 is 0 Å². The lowest BCUT2D eigenvalue weighted by atomic mass is 10.0. The Labute approximate surface area is 208 Å². The van der Waals surface area contributed by atoms with E-state index >= 15 is 0 Å². The summed E-state index contributed by atoms with van der Waals surface area (Å²) in [5, 5.41) is 0.980. The molecular weight excluding hydrogens is 467 g/mol. The van der Waals surface area contributed by atoms with E-state index in [0.717, 1.165) is 27.8 Å². The number of rotatable bonds is 5. The quantitative estimate of drug-likeness (QED) is 0.267. The van der Waals surface area contributed by atoms with Crippen LogP contribution in [0, 0.1) is 6.92 Å². The zero-order chi connectivity index (χ0) is 23.7. The van der Waals surface area contributed by atoms with Crippen molar-refractivity contribution in [3.8, 4) is 22.6 Å². The number of aryl methyl sites for hydroxylation is 1. The molecule has 0 fully saturated rings. The molecule has 0 radical (unpaired) electrons. The number of Topliss-reactive ketones (excluding diaryl/α,β-unsaturated/α-hetero) is 1. The number of carbonyl (C=O) groups excluding carboxylic acids is 1. The normalized spacial score (nSPS) is 13.6. The Morgan fingerprint density at radius 2 is 1.59 bits per heavy atom. The first-order chi connectivity index (χ1) is 16.5. The molecule has 0 saturated carbocycles. The fraction of sp³-hybridized carbons (Fsp3) is 0.0690. The molecule has 5 rings (SSSR count). The van der Waals surface area contributed by atoms with E-state index in [2.05, 4.69) is 12.1 Å². The van der Waals surface area contributed by atoms with Crippen molar-refractivity contribution in [2.24, 2.45) is 0 Å². The van der Waals surface area contributed by atoms with Gasteiger partial charge in [-0.1, -0.05) is 83.9 Å². The first-order valence-corrected chi connectivity index (χ1v) is 11.5. The van der Waals surface area contributed by atoms with Gasteiger partial charge in [-0.3, -0.25) is 4.79 Å². The number of ketones is 1. The van der Waals surface area contributed by atoms with Crippen molar-refractivity contribution in [3.05, 3.63) is 123 Å². The molecule has 5 heteroatoms. The lowest BCUT2D eigenvalue weighted by Crippen LogP contribution is -2.00. The van der Waals surface area contributed by atoms with Gasteiger partial charge in [0, 0.05) is 6.07 Å². The number of benzene rings is 4. The zero-order valence-corrected chi connectivity index (χ0v) is 19.9. The van der Waals surface area contributed by atoms with Crippen molar-refractivity contribution in [2.75, 3.05) is 0 Å². The zero-order valence-electron chi connectivity index (χ0n) is 18.3. The van der Waals surface area contributed by atoms with Gasteiger partial charge in [0.15, 0.2) is 5.76 Å². The van der Waals surface area contributed by atoms with E-state index in [-0.39, 0.29) is 5.78 Å². The van der Waals surface area contributed by atoms with Gasteiger partial charge in [-0.15, -0.1) is 0 Å². The number of carbonyl (C=O) groups is 1. The third kappa shape index (κ3) is 4.58. The Hall–Kier alpha value is -3.53. The maximum Gasteiger partial charge on any atom is 0.232 e. The lowest BCUT2D eigenvalue weighted by Gasteiger charge is -2.10. The number of halogens is 2. The molecule has 4 aromatic rings.